The maximum Gasteiger partial charge on any atom is 0.387 e. The van der Waals surface area contributed by atoms with Crippen LogP contribution in [0.5, 0.6) is 11.6 Å². The van der Waals surface area contributed by atoms with Gasteiger partial charge in [-0.25, -0.2) is 4.98 Å². The second kappa shape index (κ2) is 6.87. The number of methoxy groups -OCH3 is 1. The lowest BCUT2D eigenvalue weighted by Crippen LogP contribution is -2.14. The summed E-state index contributed by atoms with van der Waals surface area (Å²) in [6.45, 7) is -2.96. The third-order valence-corrected chi connectivity index (χ3v) is 4.05. The van der Waals surface area contributed by atoms with Crippen LogP contribution < -0.4 is 14.8 Å². The molecule has 0 unspecified atom stereocenters. The molecule has 136 valence electrons. The largest absolute Gasteiger partial charge is 0.475 e. The van der Waals surface area contributed by atoms with Gasteiger partial charge in [0.25, 0.3) is 5.91 Å². The number of carbonyl (C=O) groups excluding carboxylic acids is 1. The van der Waals surface area contributed by atoms with Crippen molar-refractivity contribution < 1.29 is 28.0 Å². The number of fused-ring (bicyclic) bond motifs is 1. The van der Waals surface area contributed by atoms with Crippen molar-refractivity contribution >= 4 is 38.3 Å². The van der Waals surface area contributed by atoms with Gasteiger partial charge in [-0.05, 0) is 18.2 Å². The standard InChI is InChI=1S/C13H9F2N5O5S/c1-24-11-9(20(22)23)8(18-19-11)10(21)17-13-16-6-3-2-5(25-12(14)15)4-7(6)26-13/h2-4,12H,1H3,(H,18,19)(H,16,17,21). The highest BCUT2D eigenvalue weighted by Crippen LogP contribution is 2.32. The van der Waals surface area contributed by atoms with Crippen molar-refractivity contribution in [2.75, 3.05) is 12.4 Å². The molecule has 0 radical (unpaired) electrons. The van der Waals surface area contributed by atoms with E-state index in [0.717, 1.165) is 11.3 Å². The van der Waals surface area contributed by atoms with Crippen LogP contribution in [0.15, 0.2) is 18.2 Å². The highest BCUT2D eigenvalue weighted by molar-refractivity contribution is 7.22. The van der Waals surface area contributed by atoms with E-state index in [1.807, 2.05) is 0 Å². The first kappa shape index (κ1) is 17.5. The first-order valence-corrected chi connectivity index (χ1v) is 7.64. The zero-order valence-electron chi connectivity index (χ0n) is 12.9. The van der Waals surface area contributed by atoms with Gasteiger partial charge in [-0.1, -0.05) is 11.3 Å². The first-order valence-electron chi connectivity index (χ1n) is 6.82. The van der Waals surface area contributed by atoms with E-state index in [1.165, 1.54) is 25.3 Å². The number of aromatic amines is 1. The van der Waals surface area contributed by atoms with Crippen molar-refractivity contribution in [3.63, 3.8) is 0 Å². The van der Waals surface area contributed by atoms with Crippen LogP contribution in [0, 0.1) is 10.1 Å². The Morgan fingerprint density at radius 2 is 2.23 bits per heavy atom. The number of hydrogen-bond donors (Lipinski definition) is 2. The number of ether oxygens (including phenoxy) is 2. The number of benzene rings is 1. The zero-order chi connectivity index (χ0) is 18.8. The molecule has 3 rings (SSSR count). The number of rotatable bonds is 6. The summed E-state index contributed by atoms with van der Waals surface area (Å²) < 4.78 is 34.0. The number of nitro groups is 1. The van der Waals surface area contributed by atoms with E-state index in [1.54, 1.807) is 0 Å². The average molecular weight is 385 g/mol. The minimum absolute atomic E-state index is 0.0528. The summed E-state index contributed by atoms with van der Waals surface area (Å²) >= 11 is 0.985. The number of hydrogen-bond acceptors (Lipinski definition) is 8. The van der Waals surface area contributed by atoms with E-state index in [9.17, 15) is 23.7 Å². The molecule has 0 bridgehead atoms. The van der Waals surface area contributed by atoms with Gasteiger partial charge < -0.3 is 9.47 Å². The van der Waals surface area contributed by atoms with Crippen molar-refractivity contribution in [2.24, 2.45) is 0 Å². The lowest BCUT2D eigenvalue weighted by Gasteiger charge is -2.02. The van der Waals surface area contributed by atoms with Crippen LogP contribution in [0.25, 0.3) is 10.2 Å². The predicted molar refractivity (Wildman–Crippen MR) is 86.0 cm³/mol. The highest BCUT2D eigenvalue weighted by Gasteiger charge is 2.30. The molecule has 3 aromatic rings. The number of anilines is 1. The number of thiazole rings is 1. The molecule has 0 spiro atoms. The van der Waals surface area contributed by atoms with Gasteiger partial charge in [0.1, 0.15) is 5.75 Å². The molecule has 1 aromatic carbocycles. The van der Waals surface area contributed by atoms with Crippen LogP contribution in [0.4, 0.5) is 19.6 Å². The van der Waals surface area contributed by atoms with Gasteiger partial charge in [-0.3, -0.25) is 25.3 Å². The number of H-pyrrole nitrogens is 1. The minimum Gasteiger partial charge on any atom is -0.475 e. The molecule has 10 nitrogen and oxygen atoms in total. The Morgan fingerprint density at radius 3 is 2.88 bits per heavy atom. The van der Waals surface area contributed by atoms with Crippen molar-refractivity contribution in [3.05, 3.63) is 34.0 Å². The van der Waals surface area contributed by atoms with E-state index in [2.05, 4.69) is 25.2 Å². The Bertz CT molecular complexity index is 989. The predicted octanol–water partition coefficient (Wildman–Crippen LogP) is 2.79. The van der Waals surface area contributed by atoms with Crippen LogP contribution >= 0.6 is 11.3 Å². The van der Waals surface area contributed by atoms with E-state index in [-0.39, 0.29) is 16.8 Å². The summed E-state index contributed by atoms with van der Waals surface area (Å²) in [5.74, 6) is -1.24. The molecule has 1 amide bonds. The van der Waals surface area contributed by atoms with E-state index in [4.69, 9.17) is 4.74 Å². The third-order valence-electron chi connectivity index (χ3n) is 3.12. The van der Waals surface area contributed by atoms with Crippen LogP contribution in [0.3, 0.4) is 0 Å². The number of aromatic nitrogens is 3. The summed E-state index contributed by atoms with van der Waals surface area (Å²) in [6, 6.07) is 4.10. The Balaban J connectivity index is 1.86. The van der Waals surface area contributed by atoms with Gasteiger partial charge in [0.05, 0.1) is 22.2 Å². The first-order chi connectivity index (χ1) is 12.4. The van der Waals surface area contributed by atoms with Crippen molar-refractivity contribution in [3.8, 4) is 11.6 Å². The Hall–Kier alpha value is -3.35. The highest BCUT2D eigenvalue weighted by atomic mass is 32.1. The summed E-state index contributed by atoms with van der Waals surface area (Å²) in [5, 5.41) is 19.4. The van der Waals surface area contributed by atoms with Crippen molar-refractivity contribution in [2.45, 2.75) is 6.61 Å². The molecule has 2 N–H and O–H groups in total. The second-order valence-corrected chi connectivity index (χ2v) is 5.73. The van der Waals surface area contributed by atoms with Gasteiger partial charge in [-0.15, -0.1) is 5.10 Å². The minimum atomic E-state index is -2.96. The molecule has 2 heterocycles. The Morgan fingerprint density at radius 1 is 1.46 bits per heavy atom. The number of nitrogens with zero attached hydrogens (tertiary/aromatic N) is 3. The summed E-state index contributed by atoms with van der Waals surface area (Å²) in [5.41, 5.74) is -0.588. The van der Waals surface area contributed by atoms with Crippen LogP contribution in [-0.4, -0.2) is 39.7 Å². The van der Waals surface area contributed by atoms with Crippen molar-refractivity contribution in [1.29, 1.82) is 0 Å². The second-order valence-electron chi connectivity index (χ2n) is 4.69. The maximum atomic E-state index is 12.3. The Labute approximate surface area is 146 Å². The molecule has 0 aliphatic carbocycles. The van der Waals surface area contributed by atoms with Crippen LogP contribution in [0.2, 0.25) is 0 Å². The molecule has 0 aliphatic heterocycles. The van der Waals surface area contributed by atoms with Crippen molar-refractivity contribution in [1.82, 2.24) is 15.2 Å². The van der Waals surface area contributed by atoms with Gasteiger partial charge in [-0.2, -0.15) is 8.78 Å². The molecule has 0 atom stereocenters. The smallest absolute Gasteiger partial charge is 0.387 e. The van der Waals surface area contributed by atoms with Crippen LogP contribution in [0.1, 0.15) is 10.5 Å². The molecule has 2 aromatic heterocycles. The maximum absolute atomic E-state index is 12.3. The lowest BCUT2D eigenvalue weighted by atomic mass is 10.3. The fraction of sp³-hybridized carbons (Fsp3) is 0.154. The molecule has 0 saturated heterocycles. The van der Waals surface area contributed by atoms with Gasteiger partial charge in [0, 0.05) is 0 Å². The molecule has 13 heteroatoms. The van der Waals surface area contributed by atoms with Gasteiger partial charge in [0.2, 0.25) is 5.69 Å². The zero-order valence-corrected chi connectivity index (χ0v) is 13.7. The van der Waals surface area contributed by atoms with Gasteiger partial charge in [0.15, 0.2) is 5.13 Å². The quantitative estimate of drug-likeness (QED) is 0.492. The summed E-state index contributed by atoms with van der Waals surface area (Å²) in [6.07, 6.45) is 0. The number of amides is 1. The fourth-order valence-corrected chi connectivity index (χ4v) is 2.97. The normalized spacial score (nSPS) is 10.9. The van der Waals surface area contributed by atoms with Gasteiger partial charge >= 0.3 is 18.2 Å². The number of alkyl halides is 2. The number of nitrogens with one attached hydrogen (secondary N) is 2. The Kier molecular flexibility index (Phi) is 4.62. The summed E-state index contributed by atoms with van der Waals surface area (Å²) in [7, 11) is 1.18. The molecular formula is C13H9F2N5O5S. The molecule has 0 aliphatic rings. The third kappa shape index (κ3) is 3.37. The van der Waals surface area contributed by atoms with Crippen LogP contribution in [-0.2, 0) is 0 Å². The monoisotopic (exact) mass is 385 g/mol. The molecule has 0 saturated carbocycles. The molecular weight excluding hydrogens is 376 g/mol. The SMILES string of the molecule is COc1n[nH]c(C(=O)Nc2nc3ccc(OC(F)F)cc3s2)c1[N+](=O)[O-]. The number of halogens is 2. The lowest BCUT2D eigenvalue weighted by molar-refractivity contribution is -0.386. The summed E-state index contributed by atoms with van der Waals surface area (Å²) in [4.78, 5) is 26.6. The van der Waals surface area contributed by atoms with E-state index >= 15 is 0 Å². The fourth-order valence-electron chi connectivity index (χ4n) is 2.08. The van der Waals surface area contributed by atoms with E-state index in [0.29, 0.717) is 10.2 Å². The topological polar surface area (TPSA) is 132 Å². The average Bonchev–Trinajstić information content (AvgIpc) is 3.16. The molecule has 0 fully saturated rings. The molecule has 26 heavy (non-hydrogen) atoms. The van der Waals surface area contributed by atoms with E-state index < -0.39 is 28.8 Å². The number of carbonyl (C=O) groups is 1.